The molecule has 352 valence electrons. The zero-order valence-electron chi connectivity index (χ0n) is 37.9. The number of thiophene rings is 1. The van der Waals surface area contributed by atoms with Crippen molar-refractivity contribution in [1.29, 1.82) is 0 Å². The third kappa shape index (κ3) is 10.8. The van der Waals surface area contributed by atoms with Crippen LogP contribution in [0.25, 0.3) is 11.2 Å². The lowest BCUT2D eigenvalue weighted by Gasteiger charge is -2.50. The fraction of sp³-hybridized carbons (Fsp3) is 0.600. The van der Waals surface area contributed by atoms with Gasteiger partial charge in [-0.2, -0.15) is 13.1 Å². The van der Waals surface area contributed by atoms with E-state index in [-0.39, 0.29) is 45.4 Å². The number of hydrogen-bond donors (Lipinski definition) is 3. The zero-order chi connectivity index (χ0) is 47.0. The monoisotopic (exact) mass is 980 g/mol. The number of nitrogen functional groups attached to an aromatic ring is 1. The van der Waals surface area contributed by atoms with Gasteiger partial charge in [0.15, 0.2) is 34.3 Å². The van der Waals surface area contributed by atoms with Crippen LogP contribution in [-0.2, 0) is 53.6 Å². The Labute approximate surface area is 384 Å². The smallest absolute Gasteiger partial charge is 0.423 e. The van der Waals surface area contributed by atoms with Gasteiger partial charge in [0.1, 0.15) is 60.5 Å². The number of nitrogens with zero attached hydrogens (tertiary/aromatic N) is 5. The lowest BCUT2D eigenvalue weighted by atomic mass is 10.0. The number of aromatic nitrogens is 4. The molecule has 3 aliphatic rings. The maximum absolute atomic E-state index is 13.4. The topological polar surface area (TPSA) is 238 Å². The largest absolute Gasteiger partial charge is 0.457 e. The highest BCUT2D eigenvalue weighted by Crippen LogP contribution is 2.46. The number of imidazole rings is 1. The number of esters is 1. The van der Waals surface area contributed by atoms with Gasteiger partial charge in [-0.3, -0.25) is 18.4 Å². The molecule has 3 aromatic rings. The third-order valence-corrected chi connectivity index (χ3v) is 24.4. The molecule has 6 heterocycles. The minimum Gasteiger partial charge on any atom is -0.457 e. The predicted molar refractivity (Wildman–Crippen MR) is 248 cm³/mol. The summed E-state index contributed by atoms with van der Waals surface area (Å²) >= 11 is 3.01. The molecule has 2 fully saturated rings. The molecular weight excluding hydrogens is 921 g/mol. The molecule has 6 atom stereocenters. The highest BCUT2D eigenvalue weighted by Gasteiger charge is 2.56. The van der Waals surface area contributed by atoms with Gasteiger partial charge in [-0.1, -0.05) is 60.3 Å². The van der Waals surface area contributed by atoms with E-state index in [2.05, 4.69) is 94.6 Å². The molecule has 64 heavy (non-hydrogen) atoms. The molecule has 0 saturated carbocycles. The molecule has 4 N–H and O–H groups in total. The van der Waals surface area contributed by atoms with Crippen molar-refractivity contribution in [2.24, 2.45) is 0 Å². The van der Waals surface area contributed by atoms with E-state index >= 15 is 0 Å². The van der Waals surface area contributed by atoms with Crippen LogP contribution < -0.4 is 15.8 Å². The number of hydrogen-bond acceptors (Lipinski definition) is 18. The van der Waals surface area contributed by atoms with Crippen LogP contribution in [0, 0.1) is 0 Å². The van der Waals surface area contributed by atoms with Gasteiger partial charge in [0.05, 0.1) is 12.9 Å². The second-order valence-electron chi connectivity index (χ2n) is 18.8. The number of carbonyl (C=O) groups is 3. The van der Waals surface area contributed by atoms with Crippen LogP contribution in [0.15, 0.2) is 54.1 Å². The van der Waals surface area contributed by atoms with Crippen LogP contribution in [0.1, 0.15) is 52.6 Å². The van der Waals surface area contributed by atoms with Crippen LogP contribution in [0.3, 0.4) is 0 Å². The molecule has 2 amide bonds. The minimum absolute atomic E-state index is 0.0613. The second-order valence-corrected chi connectivity index (χ2v) is 31.8. The Morgan fingerprint density at radius 2 is 1.73 bits per heavy atom. The van der Waals surface area contributed by atoms with Crippen molar-refractivity contribution in [1.82, 2.24) is 34.5 Å². The van der Waals surface area contributed by atoms with Crippen LogP contribution >= 0.6 is 23.1 Å². The van der Waals surface area contributed by atoms with Gasteiger partial charge < -0.3 is 34.1 Å². The maximum Gasteiger partial charge on any atom is 0.423 e. The summed E-state index contributed by atoms with van der Waals surface area (Å²) in [5.74, 6) is -0.769. The number of nitrogens with two attached hydrogens (primary N) is 1. The van der Waals surface area contributed by atoms with Gasteiger partial charge in [-0.05, 0) is 54.1 Å². The van der Waals surface area contributed by atoms with E-state index in [0.717, 1.165) is 6.42 Å². The number of anilines is 1. The van der Waals surface area contributed by atoms with Gasteiger partial charge in [0.25, 0.3) is 0 Å². The number of rotatable bonds is 18. The maximum atomic E-state index is 13.4. The summed E-state index contributed by atoms with van der Waals surface area (Å²) in [5, 5.41) is 4.37. The highest BCUT2D eigenvalue weighted by molar-refractivity contribution is 8.00. The summed E-state index contributed by atoms with van der Waals surface area (Å²) < 4.78 is 67.2. The first-order valence-electron chi connectivity index (χ1n) is 20.8. The second kappa shape index (κ2) is 19.2. The van der Waals surface area contributed by atoms with Crippen molar-refractivity contribution >= 4 is 85.0 Å². The molecular formula is C40H60N8O11S3Si2. The summed E-state index contributed by atoms with van der Waals surface area (Å²) in [4.78, 5) is 55.3. The van der Waals surface area contributed by atoms with E-state index < -0.39 is 88.2 Å². The van der Waals surface area contributed by atoms with Crippen LogP contribution in [-0.4, -0.2) is 129 Å². The molecule has 0 aliphatic carbocycles. The Balaban J connectivity index is 1.18. The van der Waals surface area contributed by atoms with E-state index in [1.54, 1.807) is 20.6 Å². The van der Waals surface area contributed by atoms with Gasteiger partial charge in [0, 0.05) is 22.7 Å². The molecule has 24 heteroatoms. The van der Waals surface area contributed by atoms with Crippen molar-refractivity contribution in [3.8, 4) is 0 Å². The van der Waals surface area contributed by atoms with Crippen molar-refractivity contribution < 1.29 is 50.0 Å². The normalized spacial score (nSPS) is 23.2. The standard InChI is InChI=1S/C40H60N8O11S3Si2/c1-12-17-54-37(50)29-24(21-61-36-28(34(49)48(29)36)42-16-15-25-14-13-18-60-25)19-55-38(51)46-62(52,53)56-20-26-30(58-63(8,9)39(2,3)4)31(59-64(10,11)40(5,6)7)35(57-26)47-23-45-27-32(41)43-22-44-33(27)47/h12-14,18,22-23,26,28,30-31,35-36,42H,1,15-17,19-21H2,2-11H3,(H,46,51)(H2,41,43,44)/t26-,28-,30?,31?,35-,36-/m1/s1. The van der Waals surface area contributed by atoms with E-state index in [1.807, 2.05) is 17.5 Å². The summed E-state index contributed by atoms with van der Waals surface area (Å²) in [6.45, 7) is 23.8. The van der Waals surface area contributed by atoms with Crippen molar-refractivity contribution in [2.75, 3.05) is 37.9 Å². The number of thioether (sulfide) groups is 1. The Bertz CT molecular complexity index is 2350. The molecule has 0 radical (unpaired) electrons. The number of amides is 2. The molecule has 2 unspecified atom stereocenters. The van der Waals surface area contributed by atoms with E-state index in [1.165, 1.54) is 40.3 Å². The third-order valence-electron chi connectivity index (χ3n) is 12.3. The molecule has 0 aromatic carbocycles. The lowest BCUT2D eigenvalue weighted by molar-refractivity contribution is -0.151. The van der Waals surface area contributed by atoms with Crippen molar-refractivity contribution in [2.45, 2.75) is 120 Å². The molecule has 3 aliphatic heterocycles. The average molecular weight is 981 g/mol. The zero-order valence-corrected chi connectivity index (χ0v) is 42.4. The Morgan fingerprint density at radius 1 is 1.05 bits per heavy atom. The first-order chi connectivity index (χ1) is 29.9. The summed E-state index contributed by atoms with van der Waals surface area (Å²) in [5.41, 5.74) is 7.08. The van der Waals surface area contributed by atoms with Gasteiger partial charge in [0.2, 0.25) is 5.91 Å². The first-order valence-corrected chi connectivity index (χ1v) is 30.0. The summed E-state index contributed by atoms with van der Waals surface area (Å²) in [7, 11) is -10.0. The van der Waals surface area contributed by atoms with Crippen LogP contribution in [0.2, 0.25) is 36.3 Å². The van der Waals surface area contributed by atoms with E-state index in [0.29, 0.717) is 17.7 Å². The first kappa shape index (κ1) is 49.7. The number of ether oxygens (including phenoxy) is 3. The molecule has 19 nitrogen and oxygen atoms in total. The molecule has 2 saturated heterocycles. The van der Waals surface area contributed by atoms with Gasteiger partial charge >= 0.3 is 22.4 Å². The van der Waals surface area contributed by atoms with E-state index in [4.69, 9.17) is 33.0 Å². The van der Waals surface area contributed by atoms with Crippen LogP contribution in [0.5, 0.6) is 0 Å². The fourth-order valence-electron chi connectivity index (χ4n) is 6.74. The highest BCUT2D eigenvalue weighted by atomic mass is 32.2. The van der Waals surface area contributed by atoms with Crippen LogP contribution in [0.4, 0.5) is 10.6 Å². The Morgan fingerprint density at radius 3 is 2.38 bits per heavy atom. The molecule has 0 spiro atoms. The van der Waals surface area contributed by atoms with Gasteiger partial charge in [-0.25, -0.2) is 24.5 Å². The molecule has 0 bridgehead atoms. The molecule has 6 rings (SSSR count). The van der Waals surface area contributed by atoms with Crippen molar-refractivity contribution in [3.05, 3.63) is 59.0 Å². The number of fused-ring (bicyclic) bond motifs is 2. The summed E-state index contributed by atoms with van der Waals surface area (Å²) in [6, 6.07) is 3.45. The SMILES string of the molecule is C=CCOC(=O)C1=C(COC(=O)NS(=O)(=O)OC[C@H]2O[C@@H](n3cnc4c(N)ncnc43)C(O[Si](C)(C)C(C)(C)C)C2O[Si](C)(C)C(C)(C)C)CS[C@@H]2[C@H](NCCc3cccs3)C(=O)N12. The number of β-lactam (4-membered cyclic amide) rings is 1. The van der Waals surface area contributed by atoms with Crippen molar-refractivity contribution in [3.63, 3.8) is 0 Å². The van der Waals surface area contributed by atoms with E-state index in [9.17, 15) is 22.8 Å². The number of nitrogens with one attached hydrogen (secondary N) is 2. The quantitative estimate of drug-likeness (QED) is 0.0640. The Kier molecular flexibility index (Phi) is 14.9. The average Bonchev–Trinajstić information content (AvgIpc) is 3.96. The molecule has 3 aromatic heterocycles. The summed E-state index contributed by atoms with van der Waals surface area (Å²) in [6.07, 6.45) is 0.00299. The number of carbonyl (C=O) groups excluding carboxylic acids is 3. The van der Waals surface area contributed by atoms with Gasteiger partial charge in [-0.15, -0.1) is 23.1 Å². The fourth-order valence-corrected chi connectivity index (χ4v) is 12.0. The minimum atomic E-state index is -4.83. The predicted octanol–water partition coefficient (Wildman–Crippen LogP) is 5.24. The Hall–Kier alpha value is -3.73. The lowest BCUT2D eigenvalue weighted by Crippen LogP contribution is -2.70.